The van der Waals surface area contributed by atoms with Crippen LogP contribution in [0.15, 0.2) is 34.7 Å². The number of para-hydroxylation sites is 1. The van der Waals surface area contributed by atoms with Crippen LogP contribution in [0.1, 0.15) is 44.7 Å². The molecule has 0 saturated carbocycles. The summed E-state index contributed by atoms with van der Waals surface area (Å²) in [5.41, 5.74) is 7.72. The van der Waals surface area contributed by atoms with E-state index in [4.69, 9.17) is 22.4 Å². The summed E-state index contributed by atoms with van der Waals surface area (Å²) >= 11 is 6.75. The quantitative estimate of drug-likeness (QED) is 0.567. The maximum Gasteiger partial charge on any atom is 0.293 e. The molecule has 0 aliphatic heterocycles. The van der Waals surface area contributed by atoms with E-state index in [1.54, 1.807) is 12.1 Å². The Morgan fingerprint density at radius 1 is 1.32 bits per heavy atom. The van der Waals surface area contributed by atoms with E-state index in [1.807, 2.05) is 18.2 Å². The zero-order chi connectivity index (χ0) is 19.8. The average Bonchev–Trinajstić information content (AvgIpc) is 3.21. The van der Waals surface area contributed by atoms with Crippen LogP contribution in [0, 0.1) is 5.92 Å². The van der Waals surface area contributed by atoms with Crippen molar-refractivity contribution >= 4 is 56.5 Å². The van der Waals surface area contributed by atoms with E-state index in [0.717, 1.165) is 35.1 Å². The number of hydrogen-bond acceptors (Lipinski definition) is 5. The topological polar surface area (TPSA) is 97.4 Å². The SMILES string of the molecule is CC1CCc2c(sc(NC(=S)NC(=O)c3cc4ccccc4o3)c2C(N)=O)C1. The van der Waals surface area contributed by atoms with Gasteiger partial charge in [-0.3, -0.25) is 14.9 Å². The average molecular weight is 414 g/mol. The summed E-state index contributed by atoms with van der Waals surface area (Å²) in [6.07, 6.45) is 2.77. The third-order valence-corrected chi connectivity index (χ3v) is 6.24. The molecule has 4 N–H and O–H groups in total. The first-order valence-electron chi connectivity index (χ1n) is 8.97. The Morgan fingerprint density at radius 2 is 2.11 bits per heavy atom. The molecule has 1 unspecified atom stereocenters. The molecular weight excluding hydrogens is 394 g/mol. The third-order valence-electron chi connectivity index (χ3n) is 4.86. The van der Waals surface area contributed by atoms with Crippen LogP contribution >= 0.6 is 23.6 Å². The summed E-state index contributed by atoms with van der Waals surface area (Å²) < 4.78 is 5.55. The number of anilines is 1. The number of benzene rings is 1. The second-order valence-electron chi connectivity index (χ2n) is 6.98. The fraction of sp³-hybridized carbons (Fsp3) is 0.250. The van der Waals surface area contributed by atoms with Crippen LogP contribution in [0.2, 0.25) is 0 Å². The first kappa shape index (κ1) is 18.6. The van der Waals surface area contributed by atoms with Crippen molar-refractivity contribution in [3.63, 3.8) is 0 Å². The molecule has 1 atom stereocenters. The second-order valence-corrected chi connectivity index (χ2v) is 8.49. The van der Waals surface area contributed by atoms with E-state index in [-0.39, 0.29) is 10.9 Å². The minimum Gasteiger partial charge on any atom is -0.451 e. The van der Waals surface area contributed by atoms with Gasteiger partial charge in [0.05, 0.1) is 5.56 Å². The molecule has 8 heteroatoms. The number of nitrogens with two attached hydrogens (primary N) is 1. The van der Waals surface area contributed by atoms with E-state index < -0.39 is 11.8 Å². The molecule has 1 aliphatic rings. The lowest BCUT2D eigenvalue weighted by molar-refractivity contribution is 0.0952. The van der Waals surface area contributed by atoms with Crippen molar-refractivity contribution in [2.24, 2.45) is 11.7 Å². The number of amides is 2. The molecule has 0 saturated heterocycles. The Morgan fingerprint density at radius 3 is 2.86 bits per heavy atom. The monoisotopic (exact) mass is 413 g/mol. The van der Waals surface area contributed by atoms with Crippen molar-refractivity contribution in [1.29, 1.82) is 0 Å². The summed E-state index contributed by atoms with van der Waals surface area (Å²) in [4.78, 5) is 25.6. The molecule has 0 spiro atoms. The van der Waals surface area contributed by atoms with Crippen LogP contribution in [0.4, 0.5) is 5.00 Å². The van der Waals surface area contributed by atoms with Gasteiger partial charge in [0.2, 0.25) is 0 Å². The molecule has 1 aliphatic carbocycles. The lowest BCUT2D eigenvalue weighted by Crippen LogP contribution is -2.34. The van der Waals surface area contributed by atoms with Gasteiger partial charge in [-0.2, -0.15) is 0 Å². The normalized spacial score (nSPS) is 15.8. The summed E-state index contributed by atoms with van der Waals surface area (Å²) in [6, 6.07) is 9.02. The number of carbonyl (C=O) groups excluding carboxylic acids is 2. The minimum absolute atomic E-state index is 0.0969. The Kier molecular flexibility index (Phi) is 4.91. The molecule has 0 radical (unpaired) electrons. The summed E-state index contributed by atoms with van der Waals surface area (Å²) in [5.74, 6) is -0.204. The highest BCUT2D eigenvalue weighted by atomic mass is 32.1. The highest BCUT2D eigenvalue weighted by Crippen LogP contribution is 2.39. The van der Waals surface area contributed by atoms with Crippen molar-refractivity contribution < 1.29 is 14.0 Å². The molecule has 1 aromatic carbocycles. The Hall–Kier alpha value is -2.71. The zero-order valence-corrected chi connectivity index (χ0v) is 16.8. The summed E-state index contributed by atoms with van der Waals surface area (Å²) in [6.45, 7) is 2.19. The highest BCUT2D eigenvalue weighted by molar-refractivity contribution is 7.80. The van der Waals surface area contributed by atoms with E-state index in [9.17, 15) is 9.59 Å². The minimum atomic E-state index is -0.485. The van der Waals surface area contributed by atoms with Gasteiger partial charge in [-0.15, -0.1) is 11.3 Å². The molecule has 2 heterocycles. The van der Waals surface area contributed by atoms with Gasteiger partial charge in [0, 0.05) is 10.3 Å². The van der Waals surface area contributed by atoms with Crippen molar-refractivity contribution in [2.45, 2.75) is 26.2 Å². The van der Waals surface area contributed by atoms with Crippen LogP contribution in [-0.2, 0) is 12.8 Å². The molecule has 4 rings (SSSR count). The standard InChI is InChI=1S/C20H19N3O3S2/c1-10-6-7-12-15(8-10)28-19(16(12)17(21)24)23-20(27)22-18(25)14-9-11-4-2-3-5-13(11)26-14/h2-5,9-10H,6-8H2,1H3,(H2,21,24)(H2,22,23,25,27). The van der Waals surface area contributed by atoms with Gasteiger partial charge in [0.15, 0.2) is 10.9 Å². The first-order valence-corrected chi connectivity index (χ1v) is 10.2. The molecule has 0 fully saturated rings. The zero-order valence-electron chi connectivity index (χ0n) is 15.2. The number of carbonyl (C=O) groups is 2. The smallest absolute Gasteiger partial charge is 0.293 e. The van der Waals surface area contributed by atoms with Crippen LogP contribution in [0.25, 0.3) is 11.0 Å². The Bertz CT molecular complexity index is 1070. The number of furan rings is 1. The number of thiocarbonyl (C=S) groups is 1. The fourth-order valence-electron chi connectivity index (χ4n) is 3.49. The number of rotatable bonds is 3. The molecule has 2 aromatic heterocycles. The van der Waals surface area contributed by atoms with Crippen molar-refractivity contribution in [3.05, 3.63) is 52.1 Å². The highest BCUT2D eigenvalue weighted by Gasteiger charge is 2.27. The van der Waals surface area contributed by atoms with Gasteiger partial charge in [0.1, 0.15) is 10.6 Å². The van der Waals surface area contributed by atoms with Crippen LogP contribution in [0.3, 0.4) is 0 Å². The molecular formula is C20H19N3O3S2. The molecule has 144 valence electrons. The molecule has 3 aromatic rings. The number of nitrogens with one attached hydrogen (secondary N) is 2. The van der Waals surface area contributed by atoms with E-state index in [0.29, 0.717) is 22.1 Å². The largest absolute Gasteiger partial charge is 0.451 e. The van der Waals surface area contributed by atoms with Crippen molar-refractivity contribution in [2.75, 3.05) is 5.32 Å². The number of thiophene rings is 1. The predicted octanol–water partition coefficient (Wildman–Crippen LogP) is 3.84. The maximum absolute atomic E-state index is 12.5. The van der Waals surface area contributed by atoms with Crippen LogP contribution in [-0.4, -0.2) is 16.9 Å². The fourth-order valence-corrected chi connectivity index (χ4v) is 5.17. The molecule has 2 amide bonds. The van der Waals surface area contributed by atoms with E-state index >= 15 is 0 Å². The van der Waals surface area contributed by atoms with Gasteiger partial charge in [-0.05, 0) is 55.1 Å². The van der Waals surface area contributed by atoms with Gasteiger partial charge in [-0.25, -0.2) is 0 Å². The third kappa shape index (κ3) is 3.53. The second kappa shape index (κ2) is 7.37. The van der Waals surface area contributed by atoms with E-state index in [2.05, 4.69) is 17.6 Å². The van der Waals surface area contributed by atoms with Crippen LogP contribution in [0.5, 0.6) is 0 Å². The molecule has 28 heavy (non-hydrogen) atoms. The maximum atomic E-state index is 12.5. The lowest BCUT2D eigenvalue weighted by Gasteiger charge is -2.18. The Balaban J connectivity index is 1.52. The van der Waals surface area contributed by atoms with Crippen molar-refractivity contribution in [1.82, 2.24) is 5.32 Å². The van der Waals surface area contributed by atoms with E-state index in [1.165, 1.54) is 11.3 Å². The van der Waals surface area contributed by atoms with Gasteiger partial charge in [-0.1, -0.05) is 25.1 Å². The Labute approximate surface area is 171 Å². The summed E-state index contributed by atoms with van der Waals surface area (Å²) in [5, 5.41) is 7.09. The van der Waals surface area contributed by atoms with Gasteiger partial charge >= 0.3 is 0 Å². The lowest BCUT2D eigenvalue weighted by atomic mass is 9.88. The first-order chi connectivity index (χ1) is 13.4. The van der Waals surface area contributed by atoms with Gasteiger partial charge < -0.3 is 15.5 Å². The van der Waals surface area contributed by atoms with Crippen molar-refractivity contribution in [3.8, 4) is 0 Å². The number of primary amides is 1. The summed E-state index contributed by atoms with van der Waals surface area (Å²) in [7, 11) is 0. The number of fused-ring (bicyclic) bond motifs is 2. The number of hydrogen-bond donors (Lipinski definition) is 3. The van der Waals surface area contributed by atoms with Gasteiger partial charge in [0.25, 0.3) is 11.8 Å². The molecule has 6 nitrogen and oxygen atoms in total. The van der Waals surface area contributed by atoms with Crippen LogP contribution < -0.4 is 16.4 Å². The molecule has 0 bridgehead atoms. The predicted molar refractivity (Wildman–Crippen MR) is 114 cm³/mol.